The zero-order valence-electron chi connectivity index (χ0n) is 11.2. The summed E-state index contributed by atoms with van der Waals surface area (Å²) in [5, 5.41) is 0. The Kier molecular flexibility index (Phi) is 4.29. The van der Waals surface area contributed by atoms with Crippen LogP contribution in [0.5, 0.6) is 0 Å². The first kappa shape index (κ1) is 13.7. The molecule has 0 saturated carbocycles. The molecule has 0 bridgehead atoms. The van der Waals surface area contributed by atoms with Crippen LogP contribution in [0.3, 0.4) is 0 Å². The Bertz CT molecular complexity index is 397. The van der Waals surface area contributed by atoms with Gasteiger partial charge in [0.05, 0.1) is 5.41 Å². The third-order valence-corrected chi connectivity index (χ3v) is 3.44. The second kappa shape index (κ2) is 5.32. The Balaban J connectivity index is 2.97. The van der Waals surface area contributed by atoms with Gasteiger partial charge in [-0.3, -0.25) is 4.79 Å². The van der Waals surface area contributed by atoms with Gasteiger partial charge in [-0.15, -0.1) is 0 Å². The number of hydrogen-bond donors (Lipinski definition) is 1. The van der Waals surface area contributed by atoms with Gasteiger partial charge in [0.2, 0.25) is 5.91 Å². The first-order valence-electron chi connectivity index (χ1n) is 5.99. The highest BCUT2D eigenvalue weighted by Gasteiger charge is 2.32. The van der Waals surface area contributed by atoms with Gasteiger partial charge in [0, 0.05) is 19.3 Å². The van der Waals surface area contributed by atoms with Gasteiger partial charge in [0.15, 0.2) is 0 Å². The summed E-state index contributed by atoms with van der Waals surface area (Å²) in [6, 6.07) is 7.92. The largest absolute Gasteiger partial charge is 0.329 e. The molecule has 2 N–H and O–H groups in total. The van der Waals surface area contributed by atoms with Crippen molar-refractivity contribution in [3.8, 4) is 0 Å². The van der Waals surface area contributed by atoms with Gasteiger partial charge in [0.25, 0.3) is 0 Å². The van der Waals surface area contributed by atoms with Crippen LogP contribution in [0.1, 0.15) is 25.8 Å². The van der Waals surface area contributed by atoms with E-state index >= 15 is 0 Å². The minimum absolute atomic E-state index is 0.0769. The standard InChI is InChI=1S/C14H22N2O/c1-5-14(3,10-15)13(17)16(4)12-8-6-7-11(2)9-12/h6-9H,5,10,15H2,1-4H3. The molecule has 1 atom stereocenters. The first-order chi connectivity index (χ1) is 7.94. The molecule has 3 nitrogen and oxygen atoms in total. The molecule has 17 heavy (non-hydrogen) atoms. The Morgan fingerprint density at radius 3 is 2.59 bits per heavy atom. The van der Waals surface area contributed by atoms with Crippen molar-refractivity contribution in [1.29, 1.82) is 0 Å². The molecule has 1 rings (SSSR count). The molecular weight excluding hydrogens is 212 g/mol. The van der Waals surface area contributed by atoms with Crippen LogP contribution < -0.4 is 10.6 Å². The molecule has 0 aromatic heterocycles. The van der Waals surface area contributed by atoms with Crippen molar-refractivity contribution in [3.05, 3.63) is 29.8 Å². The van der Waals surface area contributed by atoms with E-state index in [1.807, 2.05) is 45.0 Å². The Morgan fingerprint density at radius 2 is 2.12 bits per heavy atom. The van der Waals surface area contributed by atoms with Gasteiger partial charge in [-0.1, -0.05) is 19.1 Å². The molecule has 0 aliphatic carbocycles. The number of carbonyl (C=O) groups is 1. The Hall–Kier alpha value is -1.35. The van der Waals surface area contributed by atoms with E-state index in [1.165, 1.54) is 0 Å². The minimum atomic E-state index is -0.474. The highest BCUT2D eigenvalue weighted by Crippen LogP contribution is 2.25. The summed E-state index contributed by atoms with van der Waals surface area (Å²) < 4.78 is 0. The summed E-state index contributed by atoms with van der Waals surface area (Å²) >= 11 is 0. The predicted octanol–water partition coefficient (Wildman–Crippen LogP) is 2.33. The number of aryl methyl sites for hydroxylation is 1. The third-order valence-electron chi connectivity index (χ3n) is 3.44. The average Bonchev–Trinajstić information content (AvgIpc) is 2.36. The van der Waals surface area contributed by atoms with E-state index in [-0.39, 0.29) is 5.91 Å². The van der Waals surface area contributed by atoms with E-state index in [9.17, 15) is 4.79 Å². The predicted molar refractivity (Wildman–Crippen MR) is 72.0 cm³/mol. The van der Waals surface area contributed by atoms with Crippen molar-refractivity contribution in [1.82, 2.24) is 0 Å². The smallest absolute Gasteiger partial charge is 0.233 e. The van der Waals surface area contributed by atoms with Gasteiger partial charge in [-0.25, -0.2) is 0 Å². The molecule has 0 heterocycles. The van der Waals surface area contributed by atoms with Crippen LogP contribution in [0, 0.1) is 12.3 Å². The molecule has 0 aliphatic rings. The molecule has 1 aromatic carbocycles. The van der Waals surface area contributed by atoms with Gasteiger partial charge >= 0.3 is 0 Å². The number of nitrogens with zero attached hydrogens (tertiary/aromatic N) is 1. The van der Waals surface area contributed by atoms with Crippen LogP contribution in [0.15, 0.2) is 24.3 Å². The van der Waals surface area contributed by atoms with Crippen molar-refractivity contribution in [2.75, 3.05) is 18.5 Å². The number of hydrogen-bond acceptors (Lipinski definition) is 2. The molecular formula is C14H22N2O. The van der Waals surface area contributed by atoms with E-state index in [2.05, 4.69) is 0 Å². The Labute approximate surface area is 104 Å². The minimum Gasteiger partial charge on any atom is -0.329 e. The van der Waals surface area contributed by atoms with E-state index in [4.69, 9.17) is 5.73 Å². The Morgan fingerprint density at radius 1 is 1.47 bits per heavy atom. The summed E-state index contributed by atoms with van der Waals surface area (Å²) in [5.41, 5.74) is 7.31. The molecule has 1 unspecified atom stereocenters. The number of nitrogens with two attached hydrogens (primary N) is 1. The van der Waals surface area contributed by atoms with E-state index in [0.717, 1.165) is 17.7 Å². The fourth-order valence-electron chi connectivity index (χ4n) is 1.74. The molecule has 1 amide bonds. The molecule has 1 aromatic rings. The number of benzene rings is 1. The summed E-state index contributed by atoms with van der Waals surface area (Å²) in [6.45, 7) is 6.30. The normalized spacial score (nSPS) is 14.2. The molecule has 94 valence electrons. The van der Waals surface area contributed by atoms with Crippen LogP contribution in [-0.4, -0.2) is 19.5 Å². The fourth-order valence-corrected chi connectivity index (χ4v) is 1.74. The van der Waals surface area contributed by atoms with Crippen LogP contribution in [-0.2, 0) is 4.79 Å². The first-order valence-corrected chi connectivity index (χ1v) is 5.99. The van der Waals surface area contributed by atoms with Crippen molar-refractivity contribution in [3.63, 3.8) is 0 Å². The van der Waals surface area contributed by atoms with Crippen LogP contribution in [0.4, 0.5) is 5.69 Å². The lowest BCUT2D eigenvalue weighted by molar-refractivity contribution is -0.126. The summed E-state index contributed by atoms with van der Waals surface area (Å²) in [6.07, 6.45) is 0.749. The highest BCUT2D eigenvalue weighted by atomic mass is 16.2. The molecule has 0 saturated heterocycles. The SMILES string of the molecule is CCC(C)(CN)C(=O)N(C)c1cccc(C)c1. The highest BCUT2D eigenvalue weighted by molar-refractivity contribution is 5.97. The van der Waals surface area contributed by atoms with Crippen LogP contribution in [0.25, 0.3) is 0 Å². The van der Waals surface area contributed by atoms with Crippen molar-refractivity contribution < 1.29 is 4.79 Å². The van der Waals surface area contributed by atoms with Gasteiger partial charge in [-0.2, -0.15) is 0 Å². The zero-order chi connectivity index (χ0) is 13.1. The van der Waals surface area contributed by atoms with E-state index < -0.39 is 5.41 Å². The maximum Gasteiger partial charge on any atom is 0.233 e. The maximum absolute atomic E-state index is 12.4. The molecule has 3 heteroatoms. The van der Waals surface area contributed by atoms with Gasteiger partial charge in [0.1, 0.15) is 0 Å². The summed E-state index contributed by atoms with van der Waals surface area (Å²) in [7, 11) is 1.81. The summed E-state index contributed by atoms with van der Waals surface area (Å²) in [5.74, 6) is 0.0769. The zero-order valence-corrected chi connectivity index (χ0v) is 11.2. The maximum atomic E-state index is 12.4. The second-order valence-corrected chi connectivity index (χ2v) is 4.82. The van der Waals surface area contributed by atoms with Crippen LogP contribution >= 0.6 is 0 Å². The van der Waals surface area contributed by atoms with E-state index in [1.54, 1.807) is 11.9 Å². The lowest BCUT2D eigenvalue weighted by atomic mass is 9.86. The van der Waals surface area contributed by atoms with Crippen molar-refractivity contribution >= 4 is 11.6 Å². The van der Waals surface area contributed by atoms with Crippen molar-refractivity contribution in [2.45, 2.75) is 27.2 Å². The monoisotopic (exact) mass is 234 g/mol. The van der Waals surface area contributed by atoms with Crippen LogP contribution in [0.2, 0.25) is 0 Å². The van der Waals surface area contributed by atoms with Gasteiger partial charge in [-0.05, 0) is 38.0 Å². The molecule has 0 radical (unpaired) electrons. The topological polar surface area (TPSA) is 46.3 Å². The third kappa shape index (κ3) is 2.86. The fraction of sp³-hybridized carbons (Fsp3) is 0.500. The lowest BCUT2D eigenvalue weighted by Gasteiger charge is -2.30. The average molecular weight is 234 g/mol. The number of amides is 1. The molecule has 0 spiro atoms. The number of rotatable bonds is 4. The summed E-state index contributed by atoms with van der Waals surface area (Å²) in [4.78, 5) is 14.1. The van der Waals surface area contributed by atoms with E-state index in [0.29, 0.717) is 6.54 Å². The van der Waals surface area contributed by atoms with Gasteiger partial charge < -0.3 is 10.6 Å². The number of anilines is 1. The molecule has 0 fully saturated rings. The quantitative estimate of drug-likeness (QED) is 0.869. The molecule has 0 aliphatic heterocycles. The second-order valence-electron chi connectivity index (χ2n) is 4.82. The lowest BCUT2D eigenvalue weighted by Crippen LogP contribution is -2.44. The van der Waals surface area contributed by atoms with Crippen molar-refractivity contribution in [2.24, 2.45) is 11.1 Å². The number of carbonyl (C=O) groups excluding carboxylic acids is 1.